The summed E-state index contributed by atoms with van der Waals surface area (Å²) >= 11 is 1.76. The van der Waals surface area contributed by atoms with Gasteiger partial charge in [0.05, 0.1) is 17.2 Å². The van der Waals surface area contributed by atoms with Crippen LogP contribution in [0.1, 0.15) is 43.2 Å². The summed E-state index contributed by atoms with van der Waals surface area (Å²) in [6.45, 7) is 8.35. The lowest BCUT2D eigenvalue weighted by Crippen LogP contribution is -2.20. The van der Waals surface area contributed by atoms with Gasteiger partial charge in [0.1, 0.15) is 0 Å². The molecule has 0 bridgehead atoms. The Labute approximate surface area is 113 Å². The van der Waals surface area contributed by atoms with Gasteiger partial charge >= 0.3 is 0 Å². The van der Waals surface area contributed by atoms with E-state index in [0.717, 1.165) is 25.2 Å². The molecule has 3 nitrogen and oxygen atoms in total. The van der Waals surface area contributed by atoms with Crippen LogP contribution >= 0.6 is 11.3 Å². The highest BCUT2D eigenvalue weighted by Gasteiger charge is 2.10. The second kappa shape index (κ2) is 6.16. The highest BCUT2D eigenvalue weighted by Crippen LogP contribution is 2.17. The lowest BCUT2D eigenvalue weighted by Gasteiger charge is -2.15. The molecule has 1 N–H and O–H groups in total. The number of aryl methyl sites for hydroxylation is 1. The molecule has 0 fully saturated rings. The van der Waals surface area contributed by atoms with Crippen LogP contribution in [-0.2, 0) is 13.0 Å². The molecule has 98 valence electrons. The average Bonchev–Trinajstić information content (AvgIpc) is 2.99. The van der Waals surface area contributed by atoms with Crippen LogP contribution in [0.5, 0.6) is 0 Å². The van der Waals surface area contributed by atoms with Gasteiger partial charge in [-0.3, -0.25) is 0 Å². The molecule has 0 aliphatic carbocycles. The van der Waals surface area contributed by atoms with E-state index in [0.29, 0.717) is 6.04 Å². The minimum atomic E-state index is 0.384. The summed E-state index contributed by atoms with van der Waals surface area (Å²) in [4.78, 5) is 4.63. The SMILES string of the molecule is CCNC(C)c1cccn1Cc1csc(CC)n1. The summed E-state index contributed by atoms with van der Waals surface area (Å²) in [5, 5.41) is 6.84. The number of rotatable bonds is 6. The van der Waals surface area contributed by atoms with Crippen LogP contribution in [0.3, 0.4) is 0 Å². The maximum Gasteiger partial charge on any atom is 0.0926 e. The third-order valence-electron chi connectivity index (χ3n) is 3.05. The first-order valence-electron chi connectivity index (χ1n) is 6.56. The van der Waals surface area contributed by atoms with Gasteiger partial charge < -0.3 is 9.88 Å². The first-order chi connectivity index (χ1) is 8.74. The van der Waals surface area contributed by atoms with Crippen molar-refractivity contribution in [1.29, 1.82) is 0 Å². The fourth-order valence-corrected chi connectivity index (χ4v) is 2.87. The van der Waals surface area contributed by atoms with Crippen molar-refractivity contribution in [3.8, 4) is 0 Å². The largest absolute Gasteiger partial charge is 0.344 e. The highest BCUT2D eigenvalue weighted by molar-refractivity contribution is 7.09. The van der Waals surface area contributed by atoms with E-state index in [1.165, 1.54) is 10.7 Å². The number of thiazole rings is 1. The molecule has 1 atom stereocenters. The van der Waals surface area contributed by atoms with E-state index < -0.39 is 0 Å². The summed E-state index contributed by atoms with van der Waals surface area (Å²) in [6, 6.07) is 4.67. The zero-order valence-corrected chi connectivity index (χ0v) is 12.1. The van der Waals surface area contributed by atoms with Crippen molar-refractivity contribution in [2.24, 2.45) is 0 Å². The van der Waals surface area contributed by atoms with Crippen LogP contribution in [0.2, 0.25) is 0 Å². The van der Waals surface area contributed by atoms with Crippen LogP contribution in [0.25, 0.3) is 0 Å². The van der Waals surface area contributed by atoms with Crippen LogP contribution < -0.4 is 5.32 Å². The zero-order chi connectivity index (χ0) is 13.0. The first kappa shape index (κ1) is 13.3. The number of nitrogens with one attached hydrogen (secondary N) is 1. The summed E-state index contributed by atoms with van der Waals surface area (Å²) in [7, 11) is 0. The summed E-state index contributed by atoms with van der Waals surface area (Å²) in [5.41, 5.74) is 2.49. The maximum atomic E-state index is 4.63. The Bertz CT molecular complexity index is 487. The molecule has 0 saturated heterocycles. The minimum absolute atomic E-state index is 0.384. The van der Waals surface area contributed by atoms with Crippen LogP contribution in [0.4, 0.5) is 0 Å². The molecule has 0 saturated carbocycles. The monoisotopic (exact) mass is 263 g/mol. The first-order valence-corrected chi connectivity index (χ1v) is 7.44. The van der Waals surface area contributed by atoms with Crippen molar-refractivity contribution in [2.45, 2.75) is 39.8 Å². The Morgan fingerprint density at radius 1 is 1.44 bits per heavy atom. The molecule has 0 spiro atoms. The molecule has 4 heteroatoms. The van der Waals surface area contributed by atoms with Crippen molar-refractivity contribution in [1.82, 2.24) is 14.9 Å². The molecule has 2 aromatic heterocycles. The molecule has 0 aliphatic heterocycles. The Morgan fingerprint density at radius 3 is 2.94 bits per heavy atom. The van der Waals surface area contributed by atoms with E-state index in [1.807, 2.05) is 0 Å². The third kappa shape index (κ3) is 3.00. The lowest BCUT2D eigenvalue weighted by atomic mass is 10.2. The average molecular weight is 263 g/mol. The molecule has 2 heterocycles. The van der Waals surface area contributed by atoms with Crippen LogP contribution in [0, 0.1) is 0 Å². The number of aromatic nitrogens is 2. The van der Waals surface area contributed by atoms with Crippen molar-refractivity contribution in [3.63, 3.8) is 0 Å². The third-order valence-corrected chi connectivity index (χ3v) is 4.09. The zero-order valence-electron chi connectivity index (χ0n) is 11.3. The Hall–Kier alpha value is -1.13. The normalized spacial score (nSPS) is 12.8. The van der Waals surface area contributed by atoms with Gasteiger partial charge in [0.25, 0.3) is 0 Å². The minimum Gasteiger partial charge on any atom is -0.344 e. The second-order valence-electron chi connectivity index (χ2n) is 4.43. The number of hydrogen-bond acceptors (Lipinski definition) is 3. The number of nitrogens with zero attached hydrogens (tertiary/aromatic N) is 2. The lowest BCUT2D eigenvalue weighted by molar-refractivity contribution is 0.552. The van der Waals surface area contributed by atoms with E-state index >= 15 is 0 Å². The van der Waals surface area contributed by atoms with Crippen LogP contribution in [0.15, 0.2) is 23.7 Å². The molecule has 0 amide bonds. The van der Waals surface area contributed by atoms with Crippen molar-refractivity contribution >= 4 is 11.3 Å². The fourth-order valence-electron chi connectivity index (χ4n) is 2.13. The highest BCUT2D eigenvalue weighted by atomic mass is 32.1. The molecule has 0 radical (unpaired) electrons. The molecular weight excluding hydrogens is 242 g/mol. The summed E-state index contributed by atoms with van der Waals surface area (Å²) in [5.74, 6) is 0. The maximum absolute atomic E-state index is 4.63. The quantitative estimate of drug-likeness (QED) is 0.867. The van der Waals surface area contributed by atoms with Crippen molar-refractivity contribution in [3.05, 3.63) is 40.1 Å². The topological polar surface area (TPSA) is 29.9 Å². The van der Waals surface area contributed by atoms with E-state index in [1.54, 1.807) is 11.3 Å². The van der Waals surface area contributed by atoms with Gasteiger partial charge in [-0.15, -0.1) is 11.3 Å². The standard InChI is InChI=1S/C14H21N3S/c1-4-14-16-12(10-18-14)9-17-8-6-7-13(17)11(3)15-5-2/h6-8,10-11,15H,4-5,9H2,1-3H3. The molecule has 0 aliphatic rings. The van der Waals surface area contributed by atoms with E-state index in [-0.39, 0.29) is 0 Å². The molecule has 18 heavy (non-hydrogen) atoms. The van der Waals surface area contributed by atoms with Gasteiger partial charge in [-0.1, -0.05) is 13.8 Å². The summed E-state index contributed by atoms with van der Waals surface area (Å²) < 4.78 is 2.28. The molecular formula is C14H21N3S. The van der Waals surface area contributed by atoms with Gasteiger partial charge in [-0.25, -0.2) is 4.98 Å². The van der Waals surface area contributed by atoms with Crippen LogP contribution in [-0.4, -0.2) is 16.1 Å². The van der Waals surface area contributed by atoms with Crippen molar-refractivity contribution in [2.75, 3.05) is 6.54 Å². The molecule has 2 aromatic rings. The van der Waals surface area contributed by atoms with Gasteiger partial charge in [0.2, 0.25) is 0 Å². The predicted octanol–water partition coefficient (Wildman–Crippen LogP) is 3.23. The van der Waals surface area contributed by atoms with Gasteiger partial charge in [0.15, 0.2) is 0 Å². The van der Waals surface area contributed by atoms with Gasteiger partial charge in [-0.05, 0) is 32.0 Å². The summed E-state index contributed by atoms with van der Waals surface area (Å²) in [6.07, 6.45) is 3.16. The molecule has 2 rings (SSSR count). The molecule has 1 unspecified atom stereocenters. The van der Waals surface area contributed by atoms with Crippen molar-refractivity contribution < 1.29 is 0 Å². The smallest absolute Gasteiger partial charge is 0.0926 e. The van der Waals surface area contributed by atoms with Gasteiger partial charge in [0, 0.05) is 23.3 Å². The second-order valence-corrected chi connectivity index (χ2v) is 5.37. The van der Waals surface area contributed by atoms with E-state index in [2.05, 4.69) is 59.3 Å². The Balaban J connectivity index is 2.11. The van der Waals surface area contributed by atoms with E-state index in [9.17, 15) is 0 Å². The molecule has 0 aromatic carbocycles. The van der Waals surface area contributed by atoms with E-state index in [4.69, 9.17) is 0 Å². The fraction of sp³-hybridized carbons (Fsp3) is 0.500. The number of hydrogen-bond donors (Lipinski definition) is 1. The Kier molecular flexibility index (Phi) is 4.55. The van der Waals surface area contributed by atoms with Gasteiger partial charge in [-0.2, -0.15) is 0 Å². The Morgan fingerprint density at radius 2 is 2.28 bits per heavy atom. The predicted molar refractivity (Wildman–Crippen MR) is 77.1 cm³/mol.